The van der Waals surface area contributed by atoms with E-state index in [0.717, 1.165) is 5.70 Å². The van der Waals surface area contributed by atoms with Crippen LogP contribution in [0.4, 0.5) is 0 Å². The summed E-state index contributed by atoms with van der Waals surface area (Å²) in [4.78, 5) is 15.5. The van der Waals surface area contributed by atoms with Crippen LogP contribution in [-0.4, -0.2) is 34.0 Å². The van der Waals surface area contributed by atoms with Gasteiger partial charge in [0.1, 0.15) is 0 Å². The number of carbonyl (C=O) groups excluding carboxylic acids is 1. The number of rotatable bonds is 1. The third-order valence-electron chi connectivity index (χ3n) is 3.02. The Bertz CT molecular complexity index is 268. The highest BCUT2D eigenvalue weighted by atomic mass is 16.2. The van der Waals surface area contributed by atoms with Crippen LogP contribution in [0.5, 0.6) is 0 Å². The van der Waals surface area contributed by atoms with E-state index in [1.54, 1.807) is 6.92 Å². The maximum Gasteiger partial charge on any atom is 0.221 e. The average molecular weight is 196 g/mol. The van der Waals surface area contributed by atoms with Gasteiger partial charge in [-0.15, -0.1) is 0 Å². The number of carbonyl (C=O) groups is 1. The Kier molecular flexibility index (Phi) is 2.61. The van der Waals surface area contributed by atoms with Gasteiger partial charge in [-0.2, -0.15) is 0 Å². The standard InChI is InChI=1S/C11H20N2O/c1-8(2)12-7-13(10(4)14)11(5,6)9(12)3/h8H,3,7H2,1-2,4-6H3. The van der Waals surface area contributed by atoms with Gasteiger partial charge in [-0.05, 0) is 27.7 Å². The number of hydrogen-bond acceptors (Lipinski definition) is 2. The van der Waals surface area contributed by atoms with Crippen LogP contribution < -0.4 is 0 Å². The maximum atomic E-state index is 11.4. The first-order valence-electron chi connectivity index (χ1n) is 5.02. The Labute approximate surface area is 86.4 Å². The lowest BCUT2D eigenvalue weighted by Crippen LogP contribution is -2.42. The number of nitrogens with zero attached hydrogens (tertiary/aromatic N) is 2. The molecular formula is C11H20N2O. The Balaban J connectivity index is 2.97. The fraction of sp³-hybridized carbons (Fsp3) is 0.727. The lowest BCUT2D eigenvalue weighted by molar-refractivity contribution is -0.132. The van der Waals surface area contributed by atoms with Gasteiger partial charge < -0.3 is 9.80 Å². The fourth-order valence-corrected chi connectivity index (χ4v) is 1.89. The molecule has 1 heterocycles. The highest BCUT2D eigenvalue weighted by molar-refractivity contribution is 5.75. The van der Waals surface area contributed by atoms with Crippen LogP contribution in [0.1, 0.15) is 34.6 Å². The van der Waals surface area contributed by atoms with Crippen molar-refractivity contribution in [3.8, 4) is 0 Å². The normalized spacial score (nSPS) is 20.9. The molecule has 80 valence electrons. The van der Waals surface area contributed by atoms with Crippen LogP contribution in [0.2, 0.25) is 0 Å². The third-order valence-corrected chi connectivity index (χ3v) is 3.02. The first-order chi connectivity index (χ1) is 6.28. The molecular weight excluding hydrogens is 176 g/mol. The number of hydrogen-bond donors (Lipinski definition) is 0. The Morgan fingerprint density at radius 1 is 1.50 bits per heavy atom. The largest absolute Gasteiger partial charge is 0.353 e. The molecule has 0 spiro atoms. The number of amides is 1. The summed E-state index contributed by atoms with van der Waals surface area (Å²) in [5.41, 5.74) is 0.790. The summed E-state index contributed by atoms with van der Waals surface area (Å²) in [6.07, 6.45) is 0. The first-order valence-corrected chi connectivity index (χ1v) is 5.02. The summed E-state index contributed by atoms with van der Waals surface area (Å²) in [7, 11) is 0. The maximum absolute atomic E-state index is 11.4. The monoisotopic (exact) mass is 196 g/mol. The Morgan fingerprint density at radius 2 is 2.00 bits per heavy atom. The molecule has 3 heteroatoms. The van der Waals surface area contributed by atoms with Gasteiger partial charge in [0.15, 0.2) is 0 Å². The molecule has 1 aliphatic rings. The molecule has 14 heavy (non-hydrogen) atoms. The second-order valence-electron chi connectivity index (χ2n) is 4.66. The molecule has 3 nitrogen and oxygen atoms in total. The fourth-order valence-electron chi connectivity index (χ4n) is 1.89. The second kappa shape index (κ2) is 3.30. The molecule has 1 rings (SSSR count). The molecule has 0 saturated carbocycles. The molecule has 0 bridgehead atoms. The van der Waals surface area contributed by atoms with E-state index in [1.807, 2.05) is 18.7 Å². The second-order valence-corrected chi connectivity index (χ2v) is 4.66. The van der Waals surface area contributed by atoms with Crippen LogP contribution >= 0.6 is 0 Å². The average Bonchev–Trinajstić information content (AvgIpc) is 2.24. The van der Waals surface area contributed by atoms with E-state index in [-0.39, 0.29) is 11.4 Å². The first kappa shape index (κ1) is 11.1. The van der Waals surface area contributed by atoms with E-state index in [1.165, 1.54) is 0 Å². The SMILES string of the molecule is C=C1N(C(C)C)CN(C(C)=O)C1(C)C. The van der Waals surface area contributed by atoms with Crippen LogP contribution in [0.15, 0.2) is 12.3 Å². The zero-order valence-electron chi connectivity index (χ0n) is 9.79. The van der Waals surface area contributed by atoms with Gasteiger partial charge in [-0.3, -0.25) is 4.79 Å². The van der Waals surface area contributed by atoms with Crippen molar-refractivity contribution in [1.82, 2.24) is 9.80 Å². The van der Waals surface area contributed by atoms with Crippen molar-refractivity contribution in [2.24, 2.45) is 0 Å². The van der Waals surface area contributed by atoms with Gasteiger partial charge in [0.2, 0.25) is 5.91 Å². The minimum atomic E-state index is -0.240. The van der Waals surface area contributed by atoms with Crippen molar-refractivity contribution >= 4 is 5.91 Å². The molecule has 0 aromatic rings. The van der Waals surface area contributed by atoms with Gasteiger partial charge in [-0.25, -0.2) is 0 Å². The van der Waals surface area contributed by atoms with Crippen molar-refractivity contribution in [3.63, 3.8) is 0 Å². The highest BCUT2D eigenvalue weighted by Gasteiger charge is 2.42. The molecule has 0 aromatic carbocycles. The van der Waals surface area contributed by atoms with Gasteiger partial charge in [0.25, 0.3) is 0 Å². The minimum absolute atomic E-state index is 0.110. The molecule has 1 aliphatic heterocycles. The lowest BCUT2D eigenvalue weighted by Gasteiger charge is -2.29. The van der Waals surface area contributed by atoms with Crippen LogP contribution in [-0.2, 0) is 4.79 Å². The smallest absolute Gasteiger partial charge is 0.221 e. The van der Waals surface area contributed by atoms with Crippen molar-refractivity contribution in [2.45, 2.75) is 46.2 Å². The topological polar surface area (TPSA) is 23.6 Å². The van der Waals surface area contributed by atoms with Gasteiger partial charge in [0.05, 0.1) is 12.2 Å². The van der Waals surface area contributed by atoms with E-state index < -0.39 is 0 Å². The molecule has 0 aliphatic carbocycles. The molecule has 1 amide bonds. The molecule has 0 radical (unpaired) electrons. The summed E-state index contributed by atoms with van der Waals surface area (Å²) >= 11 is 0. The molecule has 1 saturated heterocycles. The molecule has 0 atom stereocenters. The van der Waals surface area contributed by atoms with Crippen molar-refractivity contribution in [2.75, 3.05) is 6.67 Å². The predicted octanol–water partition coefficient (Wildman–Crippen LogP) is 1.81. The summed E-state index contributed by atoms with van der Waals surface area (Å²) in [6, 6.07) is 0.395. The zero-order chi connectivity index (χ0) is 11.1. The van der Waals surface area contributed by atoms with E-state index in [9.17, 15) is 4.79 Å². The molecule has 1 fully saturated rings. The Morgan fingerprint density at radius 3 is 2.21 bits per heavy atom. The van der Waals surface area contributed by atoms with E-state index in [4.69, 9.17) is 0 Å². The van der Waals surface area contributed by atoms with Gasteiger partial charge in [0, 0.05) is 18.7 Å². The van der Waals surface area contributed by atoms with Crippen LogP contribution in [0.25, 0.3) is 0 Å². The van der Waals surface area contributed by atoms with E-state index in [2.05, 4.69) is 25.3 Å². The van der Waals surface area contributed by atoms with Crippen molar-refractivity contribution in [1.29, 1.82) is 0 Å². The van der Waals surface area contributed by atoms with E-state index in [0.29, 0.717) is 12.7 Å². The summed E-state index contributed by atoms with van der Waals surface area (Å²) in [6.45, 7) is 14.7. The minimum Gasteiger partial charge on any atom is -0.353 e. The van der Waals surface area contributed by atoms with Crippen molar-refractivity contribution in [3.05, 3.63) is 12.3 Å². The Hall–Kier alpha value is -0.990. The highest BCUT2D eigenvalue weighted by Crippen LogP contribution is 2.34. The molecule has 0 N–H and O–H groups in total. The van der Waals surface area contributed by atoms with Crippen molar-refractivity contribution < 1.29 is 4.79 Å². The summed E-state index contributed by atoms with van der Waals surface area (Å²) in [5, 5.41) is 0. The quantitative estimate of drug-likeness (QED) is 0.638. The van der Waals surface area contributed by atoms with Gasteiger partial charge in [-0.1, -0.05) is 6.58 Å². The molecule has 0 aromatic heterocycles. The summed E-state index contributed by atoms with van der Waals surface area (Å²) < 4.78 is 0. The summed E-state index contributed by atoms with van der Waals surface area (Å²) in [5.74, 6) is 0.110. The third kappa shape index (κ3) is 1.51. The lowest BCUT2D eigenvalue weighted by atomic mass is 10.0. The zero-order valence-corrected chi connectivity index (χ0v) is 9.79. The van der Waals surface area contributed by atoms with Crippen LogP contribution in [0.3, 0.4) is 0 Å². The predicted molar refractivity (Wildman–Crippen MR) is 57.6 cm³/mol. The van der Waals surface area contributed by atoms with Gasteiger partial charge >= 0.3 is 0 Å². The van der Waals surface area contributed by atoms with E-state index >= 15 is 0 Å². The van der Waals surface area contributed by atoms with Crippen LogP contribution in [0, 0.1) is 0 Å². The molecule has 0 unspecified atom stereocenters.